The van der Waals surface area contributed by atoms with Crippen LogP contribution in [0.25, 0.3) is 0 Å². The summed E-state index contributed by atoms with van der Waals surface area (Å²) in [6, 6.07) is 6.69. The van der Waals surface area contributed by atoms with Crippen molar-refractivity contribution < 1.29 is 14.4 Å². The molecule has 2 N–H and O–H groups in total. The summed E-state index contributed by atoms with van der Waals surface area (Å²) in [5, 5.41) is 5.98. The lowest BCUT2D eigenvalue weighted by Crippen LogP contribution is -2.55. The van der Waals surface area contributed by atoms with Gasteiger partial charge in [-0.3, -0.25) is 24.6 Å². The second-order valence-electron chi connectivity index (χ2n) is 10.4. The number of nitrogens with one attached hydrogen (secondary N) is 2. The molecule has 4 heterocycles. The second-order valence-corrected chi connectivity index (χ2v) is 10.4. The van der Waals surface area contributed by atoms with Gasteiger partial charge in [-0.2, -0.15) is 0 Å². The van der Waals surface area contributed by atoms with E-state index in [0.717, 1.165) is 43.3 Å². The predicted molar refractivity (Wildman–Crippen MR) is 126 cm³/mol. The number of fused-ring (bicyclic) bond motifs is 1. The van der Waals surface area contributed by atoms with Crippen LogP contribution < -0.4 is 15.5 Å². The number of piperazine rings is 1. The van der Waals surface area contributed by atoms with E-state index in [-0.39, 0.29) is 24.1 Å². The second kappa shape index (κ2) is 9.06. The Morgan fingerprint density at radius 3 is 2.42 bits per heavy atom. The number of piperidine rings is 2. The van der Waals surface area contributed by atoms with Crippen LogP contribution in [0.3, 0.4) is 0 Å². The number of hydrogen-bond donors (Lipinski definition) is 2. The summed E-state index contributed by atoms with van der Waals surface area (Å²) in [5.74, 6) is 0.00561. The number of imide groups is 1. The minimum absolute atomic E-state index is 0.0989. The van der Waals surface area contributed by atoms with E-state index in [0.29, 0.717) is 30.6 Å². The van der Waals surface area contributed by atoms with E-state index in [1.54, 1.807) is 4.90 Å². The van der Waals surface area contributed by atoms with Gasteiger partial charge in [-0.15, -0.1) is 0 Å². The van der Waals surface area contributed by atoms with Crippen molar-refractivity contribution in [3.05, 3.63) is 29.3 Å². The van der Waals surface area contributed by atoms with Crippen molar-refractivity contribution in [3.8, 4) is 0 Å². The molecule has 0 radical (unpaired) electrons. The Kier molecular flexibility index (Phi) is 6.14. The van der Waals surface area contributed by atoms with Gasteiger partial charge in [-0.1, -0.05) is 6.07 Å². The fourth-order valence-corrected chi connectivity index (χ4v) is 6.07. The van der Waals surface area contributed by atoms with Gasteiger partial charge >= 0.3 is 0 Å². The molecule has 1 aromatic rings. The molecule has 3 amide bonds. The molecule has 0 aliphatic carbocycles. The molecule has 0 spiro atoms. The normalized spacial score (nSPS) is 29.4. The molecule has 3 atom stereocenters. The topological polar surface area (TPSA) is 85.0 Å². The van der Waals surface area contributed by atoms with Crippen molar-refractivity contribution in [3.63, 3.8) is 0 Å². The van der Waals surface area contributed by atoms with E-state index in [9.17, 15) is 14.4 Å². The first-order chi connectivity index (χ1) is 15.9. The number of nitrogens with zero attached hydrogens (tertiary/aromatic N) is 3. The molecule has 4 aliphatic heterocycles. The summed E-state index contributed by atoms with van der Waals surface area (Å²) in [4.78, 5) is 43.5. The van der Waals surface area contributed by atoms with Crippen LogP contribution in [-0.4, -0.2) is 78.4 Å². The van der Waals surface area contributed by atoms with Crippen LogP contribution in [0.5, 0.6) is 0 Å². The zero-order chi connectivity index (χ0) is 23.1. The highest BCUT2D eigenvalue weighted by Crippen LogP contribution is 2.32. The van der Waals surface area contributed by atoms with E-state index in [1.165, 1.54) is 19.4 Å². The first-order valence-corrected chi connectivity index (χ1v) is 12.4. The molecular formula is C25H35N5O3. The average molecular weight is 454 g/mol. The molecule has 178 valence electrons. The summed E-state index contributed by atoms with van der Waals surface area (Å²) >= 11 is 0. The standard InChI is InChI=1S/C25H35N5O3/c1-16-12-28(13-17(2)26-16)14-18-7-9-29(10-8-18)20-4-3-19-15-30(25(33)21(19)11-20)22-5-6-23(31)27-24(22)32/h3-4,11,16-18,22,26H,5-10,12-15H2,1-2H3,(H,27,31,32)/t16-,17+,22?. The minimum atomic E-state index is -0.558. The predicted octanol–water partition coefficient (Wildman–Crippen LogP) is 1.35. The average Bonchev–Trinajstić information content (AvgIpc) is 3.09. The van der Waals surface area contributed by atoms with Crippen LogP contribution >= 0.6 is 0 Å². The van der Waals surface area contributed by atoms with Crippen molar-refractivity contribution >= 4 is 23.4 Å². The SMILES string of the molecule is C[C@@H]1CN(CC2CCN(c3ccc4c(c3)C(=O)N(C3CCC(=O)NC3=O)C4)CC2)C[C@H](C)N1. The molecule has 8 nitrogen and oxygen atoms in total. The third-order valence-electron chi connectivity index (χ3n) is 7.64. The van der Waals surface area contributed by atoms with Crippen molar-refractivity contribution in [2.75, 3.05) is 37.6 Å². The van der Waals surface area contributed by atoms with Crippen LogP contribution in [-0.2, 0) is 16.1 Å². The van der Waals surface area contributed by atoms with Gasteiger partial charge in [0.05, 0.1) is 0 Å². The first kappa shape index (κ1) is 22.3. The number of amides is 3. The summed E-state index contributed by atoms with van der Waals surface area (Å²) in [6.07, 6.45) is 3.01. The van der Waals surface area contributed by atoms with E-state index in [4.69, 9.17) is 0 Å². The molecule has 4 aliphatic rings. The molecule has 33 heavy (non-hydrogen) atoms. The summed E-state index contributed by atoms with van der Waals surface area (Å²) < 4.78 is 0. The highest BCUT2D eigenvalue weighted by Gasteiger charge is 2.39. The molecule has 5 rings (SSSR count). The van der Waals surface area contributed by atoms with Crippen molar-refractivity contribution in [2.45, 2.75) is 64.2 Å². The van der Waals surface area contributed by atoms with Crippen LogP contribution in [0.2, 0.25) is 0 Å². The Labute approximate surface area is 195 Å². The minimum Gasteiger partial charge on any atom is -0.371 e. The van der Waals surface area contributed by atoms with Gasteiger partial charge in [0.1, 0.15) is 6.04 Å². The number of hydrogen-bond acceptors (Lipinski definition) is 6. The highest BCUT2D eigenvalue weighted by atomic mass is 16.2. The van der Waals surface area contributed by atoms with Crippen LogP contribution in [0.4, 0.5) is 5.69 Å². The van der Waals surface area contributed by atoms with Gasteiger partial charge in [0.2, 0.25) is 11.8 Å². The Hall–Kier alpha value is -2.45. The zero-order valence-electron chi connectivity index (χ0n) is 19.7. The largest absolute Gasteiger partial charge is 0.371 e. The first-order valence-electron chi connectivity index (χ1n) is 12.4. The lowest BCUT2D eigenvalue weighted by atomic mass is 9.94. The molecule has 3 saturated heterocycles. The fourth-order valence-electron chi connectivity index (χ4n) is 6.07. The van der Waals surface area contributed by atoms with Crippen molar-refractivity contribution in [1.29, 1.82) is 0 Å². The molecule has 0 saturated carbocycles. The number of carbonyl (C=O) groups excluding carboxylic acids is 3. The van der Waals surface area contributed by atoms with Crippen LogP contribution in [0, 0.1) is 5.92 Å². The number of anilines is 1. The maximum atomic E-state index is 13.1. The summed E-state index contributed by atoms with van der Waals surface area (Å²) in [7, 11) is 0. The summed E-state index contributed by atoms with van der Waals surface area (Å²) in [6.45, 7) is 10.4. The molecule has 8 heteroatoms. The molecule has 1 aromatic carbocycles. The lowest BCUT2D eigenvalue weighted by Gasteiger charge is -2.40. The van der Waals surface area contributed by atoms with E-state index in [1.807, 2.05) is 12.1 Å². The smallest absolute Gasteiger partial charge is 0.255 e. The Morgan fingerprint density at radius 2 is 1.73 bits per heavy atom. The van der Waals surface area contributed by atoms with Crippen molar-refractivity contribution in [1.82, 2.24) is 20.4 Å². The number of carbonyl (C=O) groups is 3. The Bertz CT molecular complexity index is 932. The lowest BCUT2D eigenvalue weighted by molar-refractivity contribution is -0.136. The molecule has 1 unspecified atom stereocenters. The molecule has 3 fully saturated rings. The Morgan fingerprint density at radius 1 is 1.00 bits per heavy atom. The van der Waals surface area contributed by atoms with E-state index in [2.05, 4.69) is 40.3 Å². The third kappa shape index (κ3) is 4.64. The molecular weight excluding hydrogens is 418 g/mol. The van der Waals surface area contributed by atoms with Gasteiger partial charge < -0.3 is 15.1 Å². The van der Waals surface area contributed by atoms with E-state index >= 15 is 0 Å². The van der Waals surface area contributed by atoms with Gasteiger partial charge in [-0.25, -0.2) is 0 Å². The number of rotatable bonds is 4. The van der Waals surface area contributed by atoms with Gasteiger partial charge in [0.15, 0.2) is 0 Å². The molecule has 0 aromatic heterocycles. The van der Waals surface area contributed by atoms with Gasteiger partial charge in [0, 0.05) is 69.0 Å². The zero-order valence-corrected chi connectivity index (χ0v) is 19.7. The van der Waals surface area contributed by atoms with Gasteiger partial charge in [-0.05, 0) is 56.7 Å². The maximum absolute atomic E-state index is 13.1. The highest BCUT2D eigenvalue weighted by molar-refractivity contribution is 6.05. The third-order valence-corrected chi connectivity index (χ3v) is 7.64. The van der Waals surface area contributed by atoms with Crippen molar-refractivity contribution in [2.24, 2.45) is 5.92 Å². The maximum Gasteiger partial charge on any atom is 0.255 e. The number of benzene rings is 1. The monoisotopic (exact) mass is 453 g/mol. The molecule has 0 bridgehead atoms. The van der Waals surface area contributed by atoms with E-state index < -0.39 is 6.04 Å². The fraction of sp³-hybridized carbons (Fsp3) is 0.640. The van der Waals surface area contributed by atoms with Gasteiger partial charge in [0.25, 0.3) is 5.91 Å². The quantitative estimate of drug-likeness (QED) is 0.670. The summed E-state index contributed by atoms with van der Waals surface area (Å²) in [5.41, 5.74) is 2.75. The van der Waals surface area contributed by atoms with Crippen LogP contribution in [0.1, 0.15) is 55.5 Å². The van der Waals surface area contributed by atoms with Crippen LogP contribution in [0.15, 0.2) is 18.2 Å². The Balaban J connectivity index is 1.19.